The smallest absolute Gasteiger partial charge is 0.387 e. The molecule has 0 aromatic heterocycles. The third-order valence-corrected chi connectivity index (χ3v) is 4.60. The molecule has 0 fully saturated rings. The second-order valence-corrected chi connectivity index (χ2v) is 6.74. The van der Waals surface area contributed by atoms with Gasteiger partial charge in [-0.25, -0.2) is 0 Å². The van der Waals surface area contributed by atoms with Crippen LogP contribution in [-0.2, 0) is 6.42 Å². The number of hydrogen-bond donors (Lipinski definition) is 2. The Labute approximate surface area is 184 Å². The summed E-state index contributed by atoms with van der Waals surface area (Å²) in [7, 11) is 1.28. The number of carbonyl (C=O) groups is 2. The fourth-order valence-electron chi connectivity index (χ4n) is 3.05. The van der Waals surface area contributed by atoms with Gasteiger partial charge in [-0.15, -0.1) is 0 Å². The number of amides is 2. The van der Waals surface area contributed by atoms with Crippen LogP contribution in [0, 0.1) is 0 Å². The maximum Gasteiger partial charge on any atom is 0.387 e. The molecule has 0 heterocycles. The zero-order valence-corrected chi connectivity index (χ0v) is 17.3. The van der Waals surface area contributed by atoms with Crippen molar-refractivity contribution in [1.82, 2.24) is 5.32 Å². The van der Waals surface area contributed by atoms with Crippen LogP contribution in [0.5, 0.6) is 11.5 Å². The summed E-state index contributed by atoms with van der Waals surface area (Å²) in [5.74, 6) is -1.05. The highest BCUT2D eigenvalue weighted by Gasteiger charge is 2.17. The number of anilines is 1. The molecular formula is C24H22F2N2O4. The highest BCUT2D eigenvalue weighted by Crippen LogP contribution is 2.30. The fourth-order valence-corrected chi connectivity index (χ4v) is 3.05. The Morgan fingerprint density at radius 3 is 2.34 bits per heavy atom. The quantitative estimate of drug-likeness (QED) is 0.513. The van der Waals surface area contributed by atoms with Gasteiger partial charge in [0.1, 0.15) is 0 Å². The van der Waals surface area contributed by atoms with Crippen molar-refractivity contribution in [3.63, 3.8) is 0 Å². The summed E-state index contributed by atoms with van der Waals surface area (Å²) < 4.78 is 34.4. The summed E-state index contributed by atoms with van der Waals surface area (Å²) in [5.41, 5.74) is 1.88. The van der Waals surface area contributed by atoms with E-state index < -0.39 is 12.5 Å². The lowest BCUT2D eigenvalue weighted by Crippen LogP contribution is -2.27. The number of ether oxygens (including phenoxy) is 2. The topological polar surface area (TPSA) is 76.7 Å². The van der Waals surface area contributed by atoms with Crippen LogP contribution >= 0.6 is 0 Å². The van der Waals surface area contributed by atoms with E-state index in [1.54, 1.807) is 24.3 Å². The molecule has 32 heavy (non-hydrogen) atoms. The van der Waals surface area contributed by atoms with Crippen molar-refractivity contribution in [2.24, 2.45) is 0 Å². The number of alkyl halides is 2. The zero-order valence-electron chi connectivity index (χ0n) is 17.3. The van der Waals surface area contributed by atoms with Gasteiger partial charge < -0.3 is 20.1 Å². The Morgan fingerprint density at radius 1 is 0.906 bits per heavy atom. The standard InChI is InChI=1S/C24H22F2N2O4/c1-31-21-15-17(11-12-20(21)32-24(25)26)22(29)28-19-10-6-5-9-18(19)23(30)27-14-13-16-7-3-2-4-8-16/h2-12,15,24H,13-14H2,1H3,(H,27,30)(H,28,29). The molecule has 0 radical (unpaired) electrons. The number of methoxy groups -OCH3 is 1. The Kier molecular flexibility index (Phi) is 7.75. The van der Waals surface area contributed by atoms with Gasteiger partial charge in [-0.3, -0.25) is 9.59 Å². The minimum atomic E-state index is -3.02. The van der Waals surface area contributed by atoms with Gasteiger partial charge in [0, 0.05) is 12.1 Å². The van der Waals surface area contributed by atoms with E-state index in [4.69, 9.17) is 4.74 Å². The van der Waals surface area contributed by atoms with E-state index in [0.717, 1.165) is 5.56 Å². The van der Waals surface area contributed by atoms with Crippen molar-refractivity contribution in [1.29, 1.82) is 0 Å². The number of nitrogens with one attached hydrogen (secondary N) is 2. The van der Waals surface area contributed by atoms with Crippen molar-refractivity contribution >= 4 is 17.5 Å². The van der Waals surface area contributed by atoms with Crippen LogP contribution in [0.3, 0.4) is 0 Å². The summed E-state index contributed by atoms with van der Waals surface area (Å²) in [6, 6.07) is 20.2. The van der Waals surface area contributed by atoms with E-state index in [-0.39, 0.29) is 23.0 Å². The second kappa shape index (κ2) is 10.9. The van der Waals surface area contributed by atoms with Crippen molar-refractivity contribution in [3.05, 3.63) is 89.5 Å². The van der Waals surface area contributed by atoms with Gasteiger partial charge in [0.15, 0.2) is 11.5 Å². The molecule has 2 amide bonds. The average Bonchev–Trinajstić information content (AvgIpc) is 2.80. The van der Waals surface area contributed by atoms with E-state index >= 15 is 0 Å². The third kappa shape index (κ3) is 6.04. The molecule has 0 bridgehead atoms. The van der Waals surface area contributed by atoms with Gasteiger partial charge in [-0.1, -0.05) is 42.5 Å². The normalized spacial score (nSPS) is 10.5. The van der Waals surface area contributed by atoms with E-state index in [1.807, 2.05) is 30.3 Å². The monoisotopic (exact) mass is 440 g/mol. The number of benzene rings is 3. The first kappa shape index (κ1) is 22.7. The van der Waals surface area contributed by atoms with Gasteiger partial charge in [0.2, 0.25) is 0 Å². The number of rotatable bonds is 9. The number of para-hydroxylation sites is 1. The average molecular weight is 440 g/mol. The molecule has 0 saturated heterocycles. The van der Waals surface area contributed by atoms with Crippen LogP contribution < -0.4 is 20.1 Å². The van der Waals surface area contributed by atoms with Gasteiger partial charge in [0.05, 0.1) is 18.4 Å². The molecule has 0 aliphatic rings. The first-order chi connectivity index (χ1) is 15.5. The minimum Gasteiger partial charge on any atom is -0.493 e. The summed E-state index contributed by atoms with van der Waals surface area (Å²) in [6.07, 6.45) is 0.675. The van der Waals surface area contributed by atoms with Crippen LogP contribution in [0.25, 0.3) is 0 Å². The first-order valence-corrected chi connectivity index (χ1v) is 9.83. The molecule has 0 spiro atoms. The summed E-state index contributed by atoms with van der Waals surface area (Å²) in [6.45, 7) is -2.58. The molecule has 2 N–H and O–H groups in total. The first-order valence-electron chi connectivity index (χ1n) is 9.83. The minimum absolute atomic E-state index is 0.00936. The largest absolute Gasteiger partial charge is 0.493 e. The van der Waals surface area contributed by atoms with E-state index in [1.165, 1.54) is 25.3 Å². The molecular weight excluding hydrogens is 418 g/mol. The van der Waals surface area contributed by atoms with E-state index in [0.29, 0.717) is 24.2 Å². The van der Waals surface area contributed by atoms with Crippen molar-refractivity contribution in [2.45, 2.75) is 13.0 Å². The lowest BCUT2D eigenvalue weighted by molar-refractivity contribution is -0.0512. The predicted molar refractivity (Wildman–Crippen MR) is 117 cm³/mol. The molecule has 3 aromatic carbocycles. The molecule has 8 heteroatoms. The molecule has 0 aliphatic carbocycles. The molecule has 0 saturated carbocycles. The summed E-state index contributed by atoms with van der Waals surface area (Å²) in [5, 5.41) is 5.53. The Balaban J connectivity index is 1.68. The van der Waals surface area contributed by atoms with Crippen molar-refractivity contribution < 1.29 is 27.8 Å². The lowest BCUT2D eigenvalue weighted by Gasteiger charge is -2.13. The molecule has 0 unspecified atom stereocenters. The highest BCUT2D eigenvalue weighted by atomic mass is 19.3. The Morgan fingerprint density at radius 2 is 1.62 bits per heavy atom. The summed E-state index contributed by atoms with van der Waals surface area (Å²) in [4.78, 5) is 25.4. The second-order valence-electron chi connectivity index (χ2n) is 6.74. The maximum atomic E-state index is 12.7. The lowest BCUT2D eigenvalue weighted by atomic mass is 10.1. The van der Waals surface area contributed by atoms with Crippen LogP contribution in [0.2, 0.25) is 0 Å². The van der Waals surface area contributed by atoms with Crippen LogP contribution in [-0.4, -0.2) is 32.1 Å². The van der Waals surface area contributed by atoms with E-state index in [9.17, 15) is 18.4 Å². The highest BCUT2D eigenvalue weighted by molar-refractivity contribution is 6.09. The Hall–Kier alpha value is -3.94. The van der Waals surface area contributed by atoms with Gasteiger partial charge in [0.25, 0.3) is 11.8 Å². The van der Waals surface area contributed by atoms with Crippen LogP contribution in [0.4, 0.5) is 14.5 Å². The molecule has 0 aliphatic heterocycles. The molecule has 3 aromatic rings. The maximum absolute atomic E-state index is 12.7. The summed E-state index contributed by atoms with van der Waals surface area (Å²) >= 11 is 0. The van der Waals surface area contributed by atoms with E-state index in [2.05, 4.69) is 15.4 Å². The molecule has 6 nitrogen and oxygen atoms in total. The predicted octanol–water partition coefficient (Wildman–Crippen LogP) is 4.52. The zero-order chi connectivity index (χ0) is 22.9. The molecule has 166 valence electrons. The number of carbonyl (C=O) groups excluding carboxylic acids is 2. The van der Waals surface area contributed by atoms with Crippen LogP contribution in [0.1, 0.15) is 26.3 Å². The molecule has 3 rings (SSSR count). The fraction of sp³-hybridized carbons (Fsp3) is 0.167. The molecule has 0 atom stereocenters. The van der Waals surface area contributed by atoms with Gasteiger partial charge in [-0.2, -0.15) is 8.78 Å². The van der Waals surface area contributed by atoms with Gasteiger partial charge in [-0.05, 0) is 42.3 Å². The Bertz CT molecular complexity index is 1070. The van der Waals surface area contributed by atoms with Crippen molar-refractivity contribution in [2.75, 3.05) is 19.0 Å². The van der Waals surface area contributed by atoms with Crippen molar-refractivity contribution in [3.8, 4) is 11.5 Å². The van der Waals surface area contributed by atoms with Crippen LogP contribution in [0.15, 0.2) is 72.8 Å². The number of hydrogen-bond acceptors (Lipinski definition) is 4. The SMILES string of the molecule is COc1cc(C(=O)Nc2ccccc2C(=O)NCCc2ccccc2)ccc1OC(F)F. The van der Waals surface area contributed by atoms with Gasteiger partial charge >= 0.3 is 6.61 Å². The third-order valence-electron chi connectivity index (χ3n) is 4.60. The number of halogens is 2.